The summed E-state index contributed by atoms with van der Waals surface area (Å²) in [5.41, 5.74) is 5.41. The smallest absolute Gasteiger partial charge is 0.384 e. The molecule has 0 fully saturated rings. The summed E-state index contributed by atoms with van der Waals surface area (Å²) in [6.45, 7) is -1.04. The highest BCUT2D eigenvalue weighted by Gasteiger charge is 2.27. The number of rotatable bonds is 5. The van der Waals surface area contributed by atoms with Gasteiger partial charge in [0, 0.05) is 6.54 Å². The van der Waals surface area contributed by atoms with Crippen LogP contribution in [0.2, 0.25) is 0 Å². The van der Waals surface area contributed by atoms with Crippen LogP contribution in [0.5, 0.6) is 0 Å². The van der Waals surface area contributed by atoms with Gasteiger partial charge >= 0.3 is 6.18 Å². The minimum absolute atomic E-state index is 0.0456. The highest BCUT2D eigenvalue weighted by molar-refractivity contribution is 5.41. The molecule has 4 nitrogen and oxygen atoms in total. The summed E-state index contributed by atoms with van der Waals surface area (Å²) in [5, 5.41) is 2.79. The molecule has 0 saturated carbocycles. The molecule has 0 aliphatic carbocycles. The van der Waals surface area contributed by atoms with Crippen molar-refractivity contribution in [1.29, 1.82) is 0 Å². The van der Waals surface area contributed by atoms with E-state index in [1.54, 1.807) is 18.2 Å². The molecule has 0 bridgehead atoms. The van der Waals surface area contributed by atoms with Crippen molar-refractivity contribution in [2.45, 2.75) is 6.18 Å². The number of nitrogen functional groups attached to an aromatic ring is 1. The van der Waals surface area contributed by atoms with E-state index in [0.29, 0.717) is 11.6 Å². The van der Waals surface area contributed by atoms with E-state index in [0.717, 1.165) is 0 Å². The number of hydrogen-bond donors (Lipinski definition) is 2. The van der Waals surface area contributed by atoms with Crippen LogP contribution in [-0.4, -0.2) is 30.9 Å². The number of halogens is 3. The maximum Gasteiger partial charge on any atom is 0.411 e. The zero-order valence-electron chi connectivity index (χ0n) is 8.42. The Kier molecular flexibility index (Phi) is 4.36. The van der Waals surface area contributed by atoms with Gasteiger partial charge in [-0.25, -0.2) is 4.98 Å². The average Bonchev–Trinajstić information content (AvgIpc) is 2.15. The number of pyridine rings is 1. The van der Waals surface area contributed by atoms with E-state index in [9.17, 15) is 13.2 Å². The van der Waals surface area contributed by atoms with E-state index in [-0.39, 0.29) is 13.2 Å². The van der Waals surface area contributed by atoms with Crippen LogP contribution in [0.25, 0.3) is 0 Å². The van der Waals surface area contributed by atoms with Gasteiger partial charge < -0.3 is 15.8 Å². The first kappa shape index (κ1) is 12.6. The fourth-order valence-electron chi connectivity index (χ4n) is 0.989. The standard InChI is InChI=1S/C9H12F3N3O/c10-9(11,12)6-16-5-4-14-8-3-1-2-7(13)15-8/h1-3H,4-6H2,(H3,13,14,15). The first-order chi connectivity index (χ1) is 7.47. The summed E-state index contributed by atoms with van der Waals surface area (Å²) in [5.74, 6) is 0.858. The molecule has 1 heterocycles. The second kappa shape index (κ2) is 5.55. The van der Waals surface area contributed by atoms with Gasteiger partial charge in [0.15, 0.2) is 0 Å². The Hall–Kier alpha value is -1.50. The molecule has 0 saturated heterocycles. The Morgan fingerprint density at radius 3 is 2.75 bits per heavy atom. The SMILES string of the molecule is Nc1cccc(NCCOCC(F)(F)F)n1. The zero-order valence-corrected chi connectivity index (χ0v) is 8.42. The number of nitrogens with zero attached hydrogens (tertiary/aromatic N) is 1. The maximum atomic E-state index is 11.7. The van der Waals surface area contributed by atoms with Gasteiger partial charge in [0.05, 0.1) is 6.61 Å². The zero-order chi connectivity index (χ0) is 12.0. The van der Waals surface area contributed by atoms with Crippen molar-refractivity contribution in [2.75, 3.05) is 30.8 Å². The molecule has 0 radical (unpaired) electrons. The number of alkyl halides is 3. The summed E-state index contributed by atoms with van der Waals surface area (Å²) < 4.78 is 39.5. The van der Waals surface area contributed by atoms with Crippen LogP contribution >= 0.6 is 0 Å². The first-order valence-electron chi connectivity index (χ1n) is 4.58. The fraction of sp³-hybridized carbons (Fsp3) is 0.444. The van der Waals surface area contributed by atoms with Gasteiger partial charge in [-0.2, -0.15) is 13.2 Å². The number of aromatic nitrogens is 1. The summed E-state index contributed by atoms with van der Waals surface area (Å²) in [6, 6.07) is 4.98. The van der Waals surface area contributed by atoms with Crippen LogP contribution in [-0.2, 0) is 4.74 Å². The van der Waals surface area contributed by atoms with Crippen LogP contribution in [0.15, 0.2) is 18.2 Å². The molecule has 0 aromatic carbocycles. The molecule has 3 N–H and O–H groups in total. The largest absolute Gasteiger partial charge is 0.411 e. The summed E-state index contributed by atoms with van der Waals surface area (Å²) >= 11 is 0. The van der Waals surface area contributed by atoms with E-state index in [2.05, 4.69) is 15.0 Å². The van der Waals surface area contributed by atoms with E-state index < -0.39 is 12.8 Å². The second-order valence-electron chi connectivity index (χ2n) is 3.04. The number of nitrogens with one attached hydrogen (secondary N) is 1. The van der Waals surface area contributed by atoms with Crippen LogP contribution in [0, 0.1) is 0 Å². The lowest BCUT2D eigenvalue weighted by Gasteiger charge is -2.08. The number of ether oxygens (including phenoxy) is 1. The van der Waals surface area contributed by atoms with E-state index in [1.807, 2.05) is 0 Å². The molecule has 0 unspecified atom stereocenters. The summed E-state index contributed by atoms with van der Waals surface area (Å²) in [4.78, 5) is 3.91. The third kappa shape index (κ3) is 5.40. The van der Waals surface area contributed by atoms with Gasteiger partial charge in [-0.05, 0) is 12.1 Å². The molecule has 0 spiro atoms. The third-order valence-electron chi connectivity index (χ3n) is 1.59. The number of anilines is 2. The Morgan fingerprint density at radius 1 is 1.38 bits per heavy atom. The van der Waals surface area contributed by atoms with Gasteiger partial charge in [-0.1, -0.05) is 6.07 Å². The molecule has 1 aromatic rings. The second-order valence-corrected chi connectivity index (χ2v) is 3.04. The van der Waals surface area contributed by atoms with Crippen molar-refractivity contribution in [3.63, 3.8) is 0 Å². The number of nitrogens with two attached hydrogens (primary N) is 1. The molecule has 0 atom stereocenters. The van der Waals surface area contributed by atoms with Crippen LogP contribution < -0.4 is 11.1 Å². The highest BCUT2D eigenvalue weighted by atomic mass is 19.4. The van der Waals surface area contributed by atoms with Crippen LogP contribution in [0.1, 0.15) is 0 Å². The molecule has 90 valence electrons. The number of hydrogen-bond acceptors (Lipinski definition) is 4. The monoisotopic (exact) mass is 235 g/mol. The third-order valence-corrected chi connectivity index (χ3v) is 1.59. The Morgan fingerprint density at radius 2 is 2.12 bits per heavy atom. The predicted octanol–water partition coefficient (Wildman–Crippen LogP) is 1.65. The maximum absolute atomic E-state index is 11.7. The van der Waals surface area contributed by atoms with Gasteiger partial charge in [0.1, 0.15) is 18.2 Å². The summed E-state index contributed by atoms with van der Waals surface area (Å²) in [6.07, 6.45) is -4.28. The lowest BCUT2D eigenvalue weighted by Crippen LogP contribution is -2.20. The highest BCUT2D eigenvalue weighted by Crippen LogP contribution is 2.14. The Balaban J connectivity index is 2.17. The normalized spacial score (nSPS) is 11.4. The van der Waals surface area contributed by atoms with Crippen molar-refractivity contribution in [3.05, 3.63) is 18.2 Å². The lowest BCUT2D eigenvalue weighted by atomic mass is 10.4. The Labute approximate surface area is 90.6 Å². The van der Waals surface area contributed by atoms with Gasteiger partial charge in [-0.15, -0.1) is 0 Å². The van der Waals surface area contributed by atoms with E-state index in [1.165, 1.54) is 0 Å². The molecule has 0 amide bonds. The quantitative estimate of drug-likeness (QED) is 0.762. The first-order valence-corrected chi connectivity index (χ1v) is 4.58. The van der Waals surface area contributed by atoms with Crippen molar-refractivity contribution >= 4 is 11.6 Å². The molecular formula is C9H12F3N3O. The predicted molar refractivity (Wildman–Crippen MR) is 54.0 cm³/mol. The van der Waals surface area contributed by atoms with Crippen molar-refractivity contribution in [1.82, 2.24) is 4.98 Å². The molecule has 16 heavy (non-hydrogen) atoms. The van der Waals surface area contributed by atoms with Crippen molar-refractivity contribution in [3.8, 4) is 0 Å². The minimum atomic E-state index is -4.28. The fourth-order valence-corrected chi connectivity index (χ4v) is 0.989. The van der Waals surface area contributed by atoms with Gasteiger partial charge in [0.25, 0.3) is 0 Å². The minimum Gasteiger partial charge on any atom is -0.384 e. The molecule has 1 aromatic heterocycles. The average molecular weight is 235 g/mol. The van der Waals surface area contributed by atoms with Crippen LogP contribution in [0.4, 0.5) is 24.8 Å². The van der Waals surface area contributed by atoms with Crippen LogP contribution in [0.3, 0.4) is 0 Å². The molecule has 7 heteroatoms. The van der Waals surface area contributed by atoms with E-state index >= 15 is 0 Å². The lowest BCUT2D eigenvalue weighted by molar-refractivity contribution is -0.172. The van der Waals surface area contributed by atoms with Crippen molar-refractivity contribution in [2.24, 2.45) is 0 Å². The summed E-state index contributed by atoms with van der Waals surface area (Å²) in [7, 11) is 0. The van der Waals surface area contributed by atoms with Crippen molar-refractivity contribution < 1.29 is 17.9 Å². The molecular weight excluding hydrogens is 223 g/mol. The topological polar surface area (TPSA) is 60.2 Å². The van der Waals surface area contributed by atoms with E-state index in [4.69, 9.17) is 5.73 Å². The molecule has 0 aliphatic rings. The van der Waals surface area contributed by atoms with Gasteiger partial charge in [0.2, 0.25) is 0 Å². The Bertz CT molecular complexity index is 330. The molecule has 0 aliphatic heterocycles. The molecule has 1 rings (SSSR count). The van der Waals surface area contributed by atoms with Gasteiger partial charge in [-0.3, -0.25) is 0 Å².